The molecule has 0 fully saturated rings. The van der Waals surface area contributed by atoms with Crippen LogP contribution in [-0.2, 0) is 0 Å². The van der Waals surface area contributed by atoms with Gasteiger partial charge in [0.05, 0.1) is 11.6 Å². The first kappa shape index (κ1) is 12.3. The SMILES string of the molecule is Cc1ccc(C#N)cc1Nc1ncnc(Cl)c1C. The summed E-state index contributed by atoms with van der Waals surface area (Å²) < 4.78 is 0. The molecule has 1 aromatic carbocycles. The molecule has 4 nitrogen and oxygen atoms in total. The third-order valence-electron chi connectivity index (χ3n) is 2.64. The monoisotopic (exact) mass is 258 g/mol. The molecule has 1 heterocycles. The van der Waals surface area contributed by atoms with Crippen molar-refractivity contribution in [2.24, 2.45) is 0 Å². The van der Waals surface area contributed by atoms with Gasteiger partial charge >= 0.3 is 0 Å². The number of nitriles is 1. The Morgan fingerprint density at radius 3 is 2.78 bits per heavy atom. The van der Waals surface area contributed by atoms with Crippen molar-refractivity contribution in [1.29, 1.82) is 5.26 Å². The first-order valence-electron chi connectivity index (χ1n) is 5.36. The van der Waals surface area contributed by atoms with Gasteiger partial charge in [-0.05, 0) is 31.5 Å². The Hall–Kier alpha value is -2.12. The van der Waals surface area contributed by atoms with E-state index in [2.05, 4.69) is 21.4 Å². The fourth-order valence-electron chi connectivity index (χ4n) is 1.51. The summed E-state index contributed by atoms with van der Waals surface area (Å²) in [5.74, 6) is 0.646. The first-order chi connectivity index (χ1) is 8.61. The molecule has 0 radical (unpaired) electrons. The van der Waals surface area contributed by atoms with Crippen LogP contribution in [0.3, 0.4) is 0 Å². The van der Waals surface area contributed by atoms with Gasteiger partial charge < -0.3 is 5.32 Å². The lowest BCUT2D eigenvalue weighted by atomic mass is 10.1. The van der Waals surface area contributed by atoms with Gasteiger partial charge in [-0.15, -0.1) is 0 Å². The number of rotatable bonds is 2. The van der Waals surface area contributed by atoms with Gasteiger partial charge in [0, 0.05) is 11.3 Å². The van der Waals surface area contributed by atoms with Crippen LogP contribution in [-0.4, -0.2) is 9.97 Å². The van der Waals surface area contributed by atoms with E-state index in [-0.39, 0.29) is 0 Å². The molecule has 0 amide bonds. The largest absolute Gasteiger partial charge is 0.340 e. The molecule has 18 heavy (non-hydrogen) atoms. The number of halogens is 1. The molecule has 0 saturated heterocycles. The second kappa shape index (κ2) is 5.03. The van der Waals surface area contributed by atoms with Gasteiger partial charge in [0.1, 0.15) is 17.3 Å². The molecular weight excluding hydrogens is 248 g/mol. The highest BCUT2D eigenvalue weighted by Gasteiger charge is 2.07. The molecule has 0 unspecified atom stereocenters. The Morgan fingerprint density at radius 2 is 2.06 bits per heavy atom. The lowest BCUT2D eigenvalue weighted by Gasteiger charge is -2.11. The maximum Gasteiger partial charge on any atom is 0.138 e. The number of anilines is 2. The van der Waals surface area contributed by atoms with Crippen molar-refractivity contribution in [3.8, 4) is 6.07 Å². The smallest absolute Gasteiger partial charge is 0.138 e. The Morgan fingerprint density at radius 1 is 1.28 bits per heavy atom. The predicted molar refractivity (Wildman–Crippen MR) is 71.0 cm³/mol. The lowest BCUT2D eigenvalue weighted by Crippen LogP contribution is -2.00. The number of aromatic nitrogens is 2. The summed E-state index contributed by atoms with van der Waals surface area (Å²) in [6, 6.07) is 7.56. The number of nitrogens with one attached hydrogen (secondary N) is 1. The van der Waals surface area contributed by atoms with Gasteiger partial charge in [0.25, 0.3) is 0 Å². The minimum absolute atomic E-state index is 0.418. The van der Waals surface area contributed by atoms with Crippen molar-refractivity contribution >= 4 is 23.1 Å². The van der Waals surface area contributed by atoms with E-state index in [9.17, 15) is 0 Å². The van der Waals surface area contributed by atoms with Crippen LogP contribution >= 0.6 is 11.6 Å². The summed E-state index contributed by atoms with van der Waals surface area (Å²) in [6.07, 6.45) is 1.40. The van der Waals surface area contributed by atoms with Crippen LogP contribution in [0.15, 0.2) is 24.5 Å². The van der Waals surface area contributed by atoms with Gasteiger partial charge in [0.2, 0.25) is 0 Å². The van der Waals surface area contributed by atoms with E-state index in [1.54, 1.807) is 12.1 Å². The van der Waals surface area contributed by atoms with Gasteiger partial charge in [0.15, 0.2) is 0 Å². The Balaban J connectivity index is 2.40. The highest BCUT2D eigenvalue weighted by atomic mass is 35.5. The van der Waals surface area contributed by atoms with E-state index >= 15 is 0 Å². The molecule has 2 rings (SSSR count). The highest BCUT2D eigenvalue weighted by molar-refractivity contribution is 6.30. The van der Waals surface area contributed by atoms with Crippen LogP contribution in [0.1, 0.15) is 16.7 Å². The van der Waals surface area contributed by atoms with E-state index in [0.717, 1.165) is 16.8 Å². The maximum atomic E-state index is 8.89. The van der Waals surface area contributed by atoms with Gasteiger partial charge in [-0.3, -0.25) is 0 Å². The normalized spacial score (nSPS) is 9.89. The zero-order valence-electron chi connectivity index (χ0n) is 10.0. The minimum Gasteiger partial charge on any atom is -0.340 e. The zero-order valence-corrected chi connectivity index (χ0v) is 10.8. The van der Waals surface area contributed by atoms with Crippen molar-refractivity contribution in [3.05, 3.63) is 46.4 Å². The molecule has 5 heteroatoms. The molecule has 0 bridgehead atoms. The topological polar surface area (TPSA) is 61.6 Å². The average Bonchev–Trinajstić information content (AvgIpc) is 2.37. The first-order valence-corrected chi connectivity index (χ1v) is 5.74. The van der Waals surface area contributed by atoms with E-state index in [1.165, 1.54) is 6.33 Å². The molecule has 1 aromatic heterocycles. The van der Waals surface area contributed by atoms with Crippen LogP contribution < -0.4 is 5.32 Å². The van der Waals surface area contributed by atoms with Crippen LogP contribution in [0.4, 0.5) is 11.5 Å². The molecule has 2 aromatic rings. The van der Waals surface area contributed by atoms with Crippen molar-refractivity contribution in [2.75, 3.05) is 5.32 Å². The molecule has 0 spiro atoms. The van der Waals surface area contributed by atoms with Crippen LogP contribution in [0.2, 0.25) is 5.15 Å². The Bertz CT molecular complexity index is 631. The fraction of sp³-hybridized carbons (Fsp3) is 0.154. The molecule has 0 atom stereocenters. The molecule has 1 N–H and O–H groups in total. The number of hydrogen-bond donors (Lipinski definition) is 1. The standard InChI is InChI=1S/C13H11ClN4/c1-8-3-4-10(6-15)5-11(8)18-13-9(2)12(14)16-7-17-13/h3-5,7H,1-2H3,(H,16,17,18). The summed E-state index contributed by atoms with van der Waals surface area (Å²) in [5, 5.41) is 12.5. The summed E-state index contributed by atoms with van der Waals surface area (Å²) >= 11 is 5.93. The third kappa shape index (κ3) is 2.41. The second-order valence-corrected chi connectivity index (χ2v) is 4.26. The molecule has 0 aliphatic carbocycles. The van der Waals surface area contributed by atoms with Crippen LogP contribution in [0, 0.1) is 25.2 Å². The quantitative estimate of drug-likeness (QED) is 0.839. The Labute approximate surface area is 110 Å². The lowest BCUT2D eigenvalue weighted by molar-refractivity contribution is 1.13. The highest BCUT2D eigenvalue weighted by Crippen LogP contribution is 2.24. The van der Waals surface area contributed by atoms with E-state index in [4.69, 9.17) is 16.9 Å². The predicted octanol–water partition coefficient (Wildman–Crippen LogP) is 3.36. The summed E-state index contributed by atoms with van der Waals surface area (Å²) in [5.41, 5.74) is 3.25. The van der Waals surface area contributed by atoms with Gasteiger partial charge in [-0.2, -0.15) is 5.26 Å². The van der Waals surface area contributed by atoms with Gasteiger partial charge in [-0.1, -0.05) is 17.7 Å². The van der Waals surface area contributed by atoms with Crippen molar-refractivity contribution < 1.29 is 0 Å². The fourth-order valence-corrected chi connectivity index (χ4v) is 1.64. The summed E-state index contributed by atoms with van der Waals surface area (Å²) in [7, 11) is 0. The second-order valence-electron chi connectivity index (χ2n) is 3.90. The number of nitrogens with zero attached hydrogens (tertiary/aromatic N) is 3. The zero-order chi connectivity index (χ0) is 13.1. The molecule has 0 saturated carbocycles. The van der Waals surface area contributed by atoms with E-state index in [0.29, 0.717) is 16.5 Å². The van der Waals surface area contributed by atoms with Crippen LogP contribution in [0.25, 0.3) is 0 Å². The van der Waals surface area contributed by atoms with Crippen molar-refractivity contribution in [3.63, 3.8) is 0 Å². The van der Waals surface area contributed by atoms with E-state index < -0.39 is 0 Å². The molecule has 0 aliphatic rings. The summed E-state index contributed by atoms with van der Waals surface area (Å²) in [4.78, 5) is 8.04. The average molecular weight is 259 g/mol. The van der Waals surface area contributed by atoms with Crippen molar-refractivity contribution in [1.82, 2.24) is 9.97 Å². The number of benzene rings is 1. The van der Waals surface area contributed by atoms with Crippen molar-refractivity contribution in [2.45, 2.75) is 13.8 Å². The van der Waals surface area contributed by atoms with Crippen LogP contribution in [0.5, 0.6) is 0 Å². The molecule has 90 valence electrons. The number of aryl methyl sites for hydroxylation is 1. The minimum atomic E-state index is 0.418. The molecule has 0 aliphatic heterocycles. The van der Waals surface area contributed by atoms with Gasteiger partial charge in [-0.25, -0.2) is 9.97 Å². The third-order valence-corrected chi connectivity index (χ3v) is 3.02. The number of hydrogen-bond acceptors (Lipinski definition) is 4. The molecular formula is C13H11ClN4. The summed E-state index contributed by atoms with van der Waals surface area (Å²) in [6.45, 7) is 3.80. The Kier molecular flexibility index (Phi) is 3.45. The van der Waals surface area contributed by atoms with E-state index in [1.807, 2.05) is 19.9 Å². The maximum absolute atomic E-state index is 8.89.